The van der Waals surface area contributed by atoms with Crippen LogP contribution < -0.4 is 29.6 Å². The lowest BCUT2D eigenvalue weighted by atomic mass is 10.2. The van der Waals surface area contributed by atoms with Crippen molar-refractivity contribution in [1.29, 1.82) is 0 Å². The van der Waals surface area contributed by atoms with Crippen LogP contribution in [0.15, 0.2) is 36.4 Å². The molecule has 0 radical (unpaired) electrons. The first-order valence-electron chi connectivity index (χ1n) is 8.50. The minimum Gasteiger partial charge on any atom is -0.497 e. The summed E-state index contributed by atoms with van der Waals surface area (Å²) in [7, 11) is 6.04. The first kappa shape index (κ1) is 20.9. The van der Waals surface area contributed by atoms with Gasteiger partial charge in [0.15, 0.2) is 11.5 Å². The highest BCUT2D eigenvalue weighted by molar-refractivity contribution is 6.03. The topological polar surface area (TPSA) is 95.1 Å². The summed E-state index contributed by atoms with van der Waals surface area (Å²) in [6, 6.07) is 10.5. The van der Waals surface area contributed by atoms with Gasteiger partial charge in [-0.2, -0.15) is 0 Å². The van der Waals surface area contributed by atoms with Crippen LogP contribution >= 0.6 is 0 Å². The lowest BCUT2D eigenvalue weighted by Gasteiger charge is -2.14. The summed E-state index contributed by atoms with van der Waals surface area (Å²) in [6.45, 7) is 0.320. The number of ether oxygens (including phenoxy) is 4. The summed E-state index contributed by atoms with van der Waals surface area (Å²) in [6.07, 6.45) is -0.313. The van der Waals surface area contributed by atoms with Gasteiger partial charge in [-0.25, -0.2) is 0 Å². The van der Waals surface area contributed by atoms with Gasteiger partial charge in [0.1, 0.15) is 12.2 Å². The maximum absolute atomic E-state index is 12.2. The standard InChI is InChI=1S/C20H24N2O6/c1-25-15-7-5-13(6-8-15)12-21-18(23)11-19(24)22-14-9-16(26-2)20(28-4)17(10-14)27-3/h5-10H,11-12H2,1-4H3,(H,21,23)(H,22,24). The highest BCUT2D eigenvalue weighted by Gasteiger charge is 2.15. The van der Waals surface area contributed by atoms with Gasteiger partial charge in [-0.15, -0.1) is 0 Å². The van der Waals surface area contributed by atoms with E-state index in [1.54, 1.807) is 31.4 Å². The number of carbonyl (C=O) groups excluding carboxylic acids is 2. The van der Waals surface area contributed by atoms with Crippen molar-refractivity contribution in [3.8, 4) is 23.0 Å². The monoisotopic (exact) mass is 388 g/mol. The lowest BCUT2D eigenvalue weighted by Crippen LogP contribution is -2.27. The van der Waals surface area contributed by atoms with Crippen LogP contribution in [0.5, 0.6) is 23.0 Å². The number of hydrogen-bond donors (Lipinski definition) is 2. The highest BCUT2D eigenvalue weighted by atomic mass is 16.5. The Morgan fingerprint density at radius 3 is 1.93 bits per heavy atom. The molecule has 0 heterocycles. The fourth-order valence-corrected chi connectivity index (χ4v) is 2.51. The molecule has 2 aromatic carbocycles. The van der Waals surface area contributed by atoms with E-state index < -0.39 is 5.91 Å². The van der Waals surface area contributed by atoms with Gasteiger partial charge in [0.05, 0.1) is 28.4 Å². The summed E-state index contributed by atoms with van der Waals surface area (Å²) in [4.78, 5) is 24.2. The number of carbonyl (C=O) groups is 2. The van der Waals surface area contributed by atoms with Crippen LogP contribution in [0.1, 0.15) is 12.0 Å². The molecular weight excluding hydrogens is 364 g/mol. The average Bonchev–Trinajstić information content (AvgIpc) is 2.71. The molecule has 150 valence electrons. The maximum atomic E-state index is 12.2. The van der Waals surface area contributed by atoms with Crippen molar-refractivity contribution in [2.24, 2.45) is 0 Å². The number of nitrogens with one attached hydrogen (secondary N) is 2. The smallest absolute Gasteiger partial charge is 0.233 e. The van der Waals surface area contributed by atoms with E-state index in [4.69, 9.17) is 18.9 Å². The predicted molar refractivity (Wildman–Crippen MR) is 104 cm³/mol. The van der Waals surface area contributed by atoms with Gasteiger partial charge in [-0.05, 0) is 17.7 Å². The molecule has 2 rings (SSSR count). The zero-order chi connectivity index (χ0) is 20.5. The highest BCUT2D eigenvalue weighted by Crippen LogP contribution is 2.39. The molecule has 0 atom stereocenters. The maximum Gasteiger partial charge on any atom is 0.233 e. The first-order valence-corrected chi connectivity index (χ1v) is 8.50. The van der Waals surface area contributed by atoms with E-state index in [9.17, 15) is 9.59 Å². The zero-order valence-electron chi connectivity index (χ0n) is 16.3. The van der Waals surface area contributed by atoms with Crippen molar-refractivity contribution in [3.05, 3.63) is 42.0 Å². The molecule has 8 heteroatoms. The van der Waals surface area contributed by atoms with E-state index in [0.717, 1.165) is 11.3 Å². The summed E-state index contributed by atoms with van der Waals surface area (Å²) >= 11 is 0. The third-order valence-corrected chi connectivity index (χ3v) is 3.92. The van der Waals surface area contributed by atoms with E-state index in [1.807, 2.05) is 12.1 Å². The Labute approximate surface area is 163 Å². The van der Waals surface area contributed by atoms with Crippen molar-refractivity contribution in [2.75, 3.05) is 33.8 Å². The summed E-state index contributed by atoms with van der Waals surface area (Å²) < 4.78 is 20.8. The number of anilines is 1. The molecule has 0 fully saturated rings. The summed E-state index contributed by atoms with van der Waals surface area (Å²) in [5.74, 6) is 1.12. The average molecular weight is 388 g/mol. The van der Waals surface area contributed by atoms with Gasteiger partial charge in [-0.1, -0.05) is 12.1 Å². The molecule has 2 N–H and O–H groups in total. The minimum absolute atomic E-state index is 0.313. The molecule has 0 saturated carbocycles. The Morgan fingerprint density at radius 1 is 0.821 bits per heavy atom. The second-order valence-electron chi connectivity index (χ2n) is 5.76. The Kier molecular flexibility index (Phi) is 7.50. The predicted octanol–water partition coefficient (Wildman–Crippen LogP) is 2.37. The third-order valence-electron chi connectivity index (χ3n) is 3.92. The lowest BCUT2D eigenvalue weighted by molar-refractivity contribution is -0.126. The Hall–Kier alpha value is -3.42. The van der Waals surface area contributed by atoms with Crippen LogP contribution in [0.25, 0.3) is 0 Å². The second-order valence-corrected chi connectivity index (χ2v) is 5.76. The molecule has 0 aromatic heterocycles. The molecule has 0 unspecified atom stereocenters. The van der Waals surface area contributed by atoms with Crippen LogP contribution in [0.2, 0.25) is 0 Å². The van der Waals surface area contributed by atoms with Crippen LogP contribution in [0, 0.1) is 0 Å². The number of benzene rings is 2. The van der Waals surface area contributed by atoms with Crippen LogP contribution in [0.3, 0.4) is 0 Å². The van der Waals surface area contributed by atoms with Gasteiger partial charge in [0.25, 0.3) is 0 Å². The van der Waals surface area contributed by atoms with Gasteiger partial charge in [0, 0.05) is 24.4 Å². The van der Waals surface area contributed by atoms with Crippen molar-refractivity contribution in [3.63, 3.8) is 0 Å². The third kappa shape index (κ3) is 5.54. The summed E-state index contributed by atoms with van der Waals surface area (Å²) in [5, 5.41) is 5.36. The minimum atomic E-state index is -0.457. The molecule has 0 bridgehead atoms. The van der Waals surface area contributed by atoms with Crippen molar-refractivity contribution < 1.29 is 28.5 Å². The van der Waals surface area contributed by atoms with Crippen LogP contribution in [-0.2, 0) is 16.1 Å². The Morgan fingerprint density at radius 2 is 1.43 bits per heavy atom. The molecule has 28 heavy (non-hydrogen) atoms. The largest absolute Gasteiger partial charge is 0.497 e. The summed E-state index contributed by atoms with van der Waals surface area (Å²) in [5.41, 5.74) is 1.33. The Balaban J connectivity index is 1.92. The molecule has 0 aliphatic carbocycles. The second kappa shape index (κ2) is 10.1. The van der Waals surface area contributed by atoms with E-state index in [-0.39, 0.29) is 12.3 Å². The van der Waals surface area contributed by atoms with Crippen molar-refractivity contribution in [1.82, 2.24) is 5.32 Å². The molecule has 0 aliphatic heterocycles. The van der Waals surface area contributed by atoms with Crippen molar-refractivity contribution >= 4 is 17.5 Å². The fraction of sp³-hybridized carbons (Fsp3) is 0.300. The molecule has 2 aromatic rings. The molecule has 2 amide bonds. The van der Waals surface area contributed by atoms with E-state index in [1.165, 1.54) is 21.3 Å². The zero-order valence-corrected chi connectivity index (χ0v) is 16.3. The number of methoxy groups -OCH3 is 4. The van der Waals surface area contributed by atoms with E-state index in [2.05, 4.69) is 10.6 Å². The van der Waals surface area contributed by atoms with Gasteiger partial charge >= 0.3 is 0 Å². The van der Waals surface area contributed by atoms with Gasteiger partial charge < -0.3 is 29.6 Å². The SMILES string of the molecule is COc1ccc(CNC(=O)CC(=O)Nc2cc(OC)c(OC)c(OC)c2)cc1. The van der Waals surface area contributed by atoms with Gasteiger partial charge in [0.2, 0.25) is 17.6 Å². The molecule has 8 nitrogen and oxygen atoms in total. The Bertz CT molecular complexity index is 795. The van der Waals surface area contributed by atoms with Gasteiger partial charge in [-0.3, -0.25) is 9.59 Å². The number of amides is 2. The van der Waals surface area contributed by atoms with Crippen LogP contribution in [0.4, 0.5) is 5.69 Å². The normalized spacial score (nSPS) is 10.0. The van der Waals surface area contributed by atoms with Crippen molar-refractivity contribution in [2.45, 2.75) is 13.0 Å². The molecular formula is C20H24N2O6. The van der Waals surface area contributed by atoms with E-state index in [0.29, 0.717) is 29.5 Å². The number of hydrogen-bond acceptors (Lipinski definition) is 6. The molecule has 0 aliphatic rings. The van der Waals surface area contributed by atoms with Crippen LogP contribution in [-0.4, -0.2) is 40.3 Å². The van der Waals surface area contributed by atoms with E-state index >= 15 is 0 Å². The molecule has 0 spiro atoms. The molecule has 0 saturated heterocycles. The quantitative estimate of drug-likeness (QED) is 0.641. The first-order chi connectivity index (χ1) is 13.5. The number of rotatable bonds is 9. The fourth-order valence-electron chi connectivity index (χ4n) is 2.51.